The van der Waals surface area contributed by atoms with Crippen LogP contribution in [-0.4, -0.2) is 48.5 Å². The van der Waals surface area contributed by atoms with Crippen LogP contribution in [0.3, 0.4) is 0 Å². The van der Waals surface area contributed by atoms with E-state index >= 15 is 0 Å². The Labute approximate surface area is 153 Å². The van der Waals surface area contributed by atoms with Gasteiger partial charge in [-0.15, -0.1) is 0 Å². The molecule has 1 aromatic heterocycles. The Morgan fingerprint density at radius 2 is 1.96 bits per heavy atom. The first-order chi connectivity index (χ1) is 12.1. The minimum absolute atomic E-state index is 0.223. The average molecular weight is 359 g/mol. The molecule has 0 atom stereocenters. The van der Waals surface area contributed by atoms with Crippen molar-refractivity contribution in [3.05, 3.63) is 52.8 Å². The molecule has 1 saturated heterocycles. The Morgan fingerprint density at radius 3 is 2.68 bits per heavy atom. The van der Waals surface area contributed by atoms with E-state index in [-0.39, 0.29) is 5.91 Å². The maximum absolute atomic E-state index is 12.6. The van der Waals surface area contributed by atoms with Crippen molar-refractivity contribution in [2.45, 2.75) is 13.8 Å². The third-order valence-corrected chi connectivity index (χ3v) is 4.84. The van der Waals surface area contributed by atoms with E-state index in [1.165, 1.54) is 0 Å². The zero-order valence-electron chi connectivity index (χ0n) is 14.6. The highest BCUT2D eigenvalue weighted by atomic mass is 35.5. The highest BCUT2D eigenvalue weighted by molar-refractivity contribution is 6.31. The highest BCUT2D eigenvalue weighted by Crippen LogP contribution is 2.22. The lowest BCUT2D eigenvalue weighted by molar-refractivity contribution is 0.102. The van der Waals surface area contributed by atoms with Crippen LogP contribution in [0, 0.1) is 6.92 Å². The minimum Gasteiger partial charge on any atom is -0.369 e. The second-order valence-electron chi connectivity index (χ2n) is 6.23. The normalized spacial score (nSPS) is 15.2. The van der Waals surface area contributed by atoms with Gasteiger partial charge in [-0.3, -0.25) is 9.78 Å². The quantitative estimate of drug-likeness (QED) is 0.909. The second-order valence-corrected chi connectivity index (χ2v) is 6.67. The number of amides is 1. The van der Waals surface area contributed by atoms with Gasteiger partial charge in [0.15, 0.2) is 0 Å². The number of aryl methyl sites for hydroxylation is 1. The van der Waals surface area contributed by atoms with Crippen LogP contribution >= 0.6 is 11.6 Å². The SMILES string of the molecule is CCN1CCN(c2ccnc(C(=O)Nc3cc(Cl)ccc3C)c2)CC1. The van der Waals surface area contributed by atoms with Gasteiger partial charge in [-0.25, -0.2) is 0 Å². The summed E-state index contributed by atoms with van der Waals surface area (Å²) in [7, 11) is 0. The fourth-order valence-corrected chi connectivity index (χ4v) is 3.15. The number of carbonyl (C=O) groups excluding carboxylic acids is 1. The van der Waals surface area contributed by atoms with Crippen LogP contribution in [0.25, 0.3) is 0 Å². The van der Waals surface area contributed by atoms with Gasteiger partial charge >= 0.3 is 0 Å². The third kappa shape index (κ3) is 4.30. The molecule has 3 rings (SSSR count). The molecule has 25 heavy (non-hydrogen) atoms. The second kappa shape index (κ2) is 7.85. The fraction of sp³-hybridized carbons (Fsp3) is 0.368. The van der Waals surface area contributed by atoms with Gasteiger partial charge in [0.05, 0.1) is 0 Å². The van der Waals surface area contributed by atoms with Crippen molar-refractivity contribution in [1.29, 1.82) is 0 Å². The topological polar surface area (TPSA) is 48.5 Å². The lowest BCUT2D eigenvalue weighted by atomic mass is 10.2. The van der Waals surface area contributed by atoms with E-state index in [0.29, 0.717) is 16.4 Å². The number of nitrogens with zero attached hydrogens (tertiary/aromatic N) is 3. The molecular formula is C19H23ClN4O. The van der Waals surface area contributed by atoms with Crippen LogP contribution in [-0.2, 0) is 0 Å². The van der Waals surface area contributed by atoms with Gasteiger partial charge in [0.25, 0.3) is 5.91 Å². The maximum atomic E-state index is 12.6. The molecular weight excluding hydrogens is 336 g/mol. The summed E-state index contributed by atoms with van der Waals surface area (Å²) >= 11 is 6.02. The van der Waals surface area contributed by atoms with Crippen LogP contribution in [0.4, 0.5) is 11.4 Å². The molecule has 132 valence electrons. The number of halogens is 1. The molecule has 1 fully saturated rings. The molecule has 0 saturated carbocycles. The zero-order valence-corrected chi connectivity index (χ0v) is 15.4. The number of likely N-dealkylation sites (N-methyl/N-ethyl adjacent to an activating group) is 1. The predicted molar refractivity (Wildman–Crippen MR) is 103 cm³/mol. The molecule has 1 aliphatic rings. The first kappa shape index (κ1) is 17.7. The Balaban J connectivity index is 1.72. The Hall–Kier alpha value is -2.11. The van der Waals surface area contributed by atoms with Crippen molar-refractivity contribution in [1.82, 2.24) is 9.88 Å². The van der Waals surface area contributed by atoms with E-state index in [1.807, 2.05) is 25.1 Å². The van der Waals surface area contributed by atoms with Gasteiger partial charge in [-0.05, 0) is 43.3 Å². The monoisotopic (exact) mass is 358 g/mol. The number of anilines is 2. The highest BCUT2D eigenvalue weighted by Gasteiger charge is 2.17. The van der Waals surface area contributed by atoms with Crippen LogP contribution in [0.15, 0.2) is 36.5 Å². The Morgan fingerprint density at radius 1 is 1.20 bits per heavy atom. The van der Waals surface area contributed by atoms with Gasteiger partial charge in [-0.2, -0.15) is 0 Å². The van der Waals surface area contributed by atoms with Gasteiger partial charge in [0.2, 0.25) is 0 Å². The molecule has 2 heterocycles. The van der Waals surface area contributed by atoms with Gasteiger partial charge in [-0.1, -0.05) is 24.6 Å². The summed E-state index contributed by atoms with van der Waals surface area (Å²) < 4.78 is 0. The number of hydrogen-bond acceptors (Lipinski definition) is 4. The average Bonchev–Trinajstić information content (AvgIpc) is 2.65. The molecule has 1 aliphatic heterocycles. The molecule has 1 amide bonds. The standard InChI is InChI=1S/C19H23ClN4O/c1-3-23-8-10-24(11-9-23)16-6-7-21-18(13-16)19(25)22-17-12-15(20)5-4-14(17)2/h4-7,12-13H,3,8-11H2,1-2H3,(H,22,25). The lowest BCUT2D eigenvalue weighted by Gasteiger charge is -2.35. The first-order valence-electron chi connectivity index (χ1n) is 8.57. The molecule has 0 unspecified atom stereocenters. The molecule has 6 heteroatoms. The number of aromatic nitrogens is 1. The summed E-state index contributed by atoms with van der Waals surface area (Å²) in [5.41, 5.74) is 3.12. The summed E-state index contributed by atoms with van der Waals surface area (Å²) in [6, 6.07) is 9.26. The van der Waals surface area contributed by atoms with Crippen molar-refractivity contribution in [3.8, 4) is 0 Å². The molecule has 2 aromatic rings. The predicted octanol–water partition coefficient (Wildman–Crippen LogP) is 3.44. The third-order valence-electron chi connectivity index (χ3n) is 4.61. The van der Waals surface area contributed by atoms with E-state index in [9.17, 15) is 4.79 Å². The van der Waals surface area contributed by atoms with E-state index in [2.05, 4.69) is 27.0 Å². The summed E-state index contributed by atoms with van der Waals surface area (Å²) in [6.45, 7) is 9.21. The van der Waals surface area contributed by atoms with Gasteiger partial charge in [0.1, 0.15) is 5.69 Å². The summed E-state index contributed by atoms with van der Waals surface area (Å²) in [6.07, 6.45) is 1.70. The number of rotatable bonds is 4. The number of benzene rings is 1. The number of pyridine rings is 1. The molecule has 1 aromatic carbocycles. The molecule has 0 aliphatic carbocycles. The van der Waals surface area contributed by atoms with Crippen LogP contribution in [0.1, 0.15) is 23.0 Å². The maximum Gasteiger partial charge on any atom is 0.274 e. The van der Waals surface area contributed by atoms with Gasteiger partial charge in [0, 0.05) is 48.8 Å². The van der Waals surface area contributed by atoms with Crippen LogP contribution in [0.5, 0.6) is 0 Å². The number of carbonyl (C=O) groups is 1. The smallest absolute Gasteiger partial charge is 0.274 e. The van der Waals surface area contributed by atoms with Crippen LogP contribution < -0.4 is 10.2 Å². The largest absolute Gasteiger partial charge is 0.369 e. The molecule has 0 spiro atoms. The van der Waals surface area contributed by atoms with Crippen molar-refractivity contribution < 1.29 is 4.79 Å². The van der Waals surface area contributed by atoms with Crippen molar-refractivity contribution in [2.24, 2.45) is 0 Å². The Kier molecular flexibility index (Phi) is 5.56. The number of hydrogen-bond donors (Lipinski definition) is 1. The molecule has 0 bridgehead atoms. The summed E-state index contributed by atoms with van der Waals surface area (Å²) in [5.74, 6) is -0.223. The molecule has 0 radical (unpaired) electrons. The minimum atomic E-state index is -0.223. The fourth-order valence-electron chi connectivity index (χ4n) is 2.98. The first-order valence-corrected chi connectivity index (χ1v) is 8.95. The van der Waals surface area contributed by atoms with Crippen LogP contribution in [0.2, 0.25) is 5.02 Å². The summed E-state index contributed by atoms with van der Waals surface area (Å²) in [5, 5.41) is 3.49. The summed E-state index contributed by atoms with van der Waals surface area (Å²) in [4.78, 5) is 21.5. The van der Waals surface area contributed by atoms with E-state index in [4.69, 9.17) is 11.6 Å². The molecule has 5 nitrogen and oxygen atoms in total. The van der Waals surface area contributed by atoms with E-state index in [0.717, 1.165) is 44.0 Å². The lowest BCUT2D eigenvalue weighted by Crippen LogP contribution is -2.46. The molecule has 1 N–H and O–H groups in total. The van der Waals surface area contributed by atoms with E-state index in [1.54, 1.807) is 18.3 Å². The van der Waals surface area contributed by atoms with E-state index < -0.39 is 0 Å². The van der Waals surface area contributed by atoms with Crippen molar-refractivity contribution >= 4 is 28.9 Å². The van der Waals surface area contributed by atoms with Crippen molar-refractivity contribution in [3.63, 3.8) is 0 Å². The number of nitrogens with one attached hydrogen (secondary N) is 1. The van der Waals surface area contributed by atoms with Gasteiger partial charge < -0.3 is 15.1 Å². The van der Waals surface area contributed by atoms with Crippen molar-refractivity contribution in [2.75, 3.05) is 42.9 Å². The number of piperazine rings is 1. The zero-order chi connectivity index (χ0) is 17.8. The Bertz CT molecular complexity index is 757.